The van der Waals surface area contributed by atoms with Crippen LogP contribution in [-0.4, -0.2) is 108 Å². The third-order valence-corrected chi connectivity index (χ3v) is 13.0. The Balaban J connectivity index is 2.73. The molecule has 1 rings (SSSR count). The first kappa shape index (κ1) is 63.4. The molecule has 67 heavy (non-hydrogen) atoms. The number of esters is 2. The maximum atomic E-state index is 13.1. The van der Waals surface area contributed by atoms with E-state index in [0.29, 0.717) is 12.8 Å². The maximum Gasteiger partial charge on any atom is 0.472 e. The largest absolute Gasteiger partial charge is 0.472 e. The zero-order chi connectivity index (χ0) is 50.0. The van der Waals surface area contributed by atoms with Gasteiger partial charge in [-0.3, -0.25) is 27.7 Å². The Morgan fingerprint density at radius 3 is 1.40 bits per heavy atom. The number of rotatable bonds is 41. The van der Waals surface area contributed by atoms with E-state index in [9.17, 15) is 63.1 Å². The molecule has 1 fully saturated rings. The summed E-state index contributed by atoms with van der Waals surface area (Å²) < 4.78 is 65.5. The molecule has 19 nitrogen and oxygen atoms in total. The highest BCUT2D eigenvalue weighted by Crippen LogP contribution is 2.51. The number of unbranched alkanes of at least 4 members (excludes halogenated alkanes) is 19. The normalized spacial score (nSPS) is 21.9. The third kappa shape index (κ3) is 33.6. The molecule has 1 aliphatic carbocycles. The minimum atomic E-state index is -5.60. The summed E-state index contributed by atoms with van der Waals surface area (Å²) in [5.74, 6) is -1.31. The van der Waals surface area contributed by atoms with Gasteiger partial charge in [-0.1, -0.05) is 159 Å². The molecule has 22 heteroatoms. The van der Waals surface area contributed by atoms with Gasteiger partial charge in [-0.05, 0) is 44.9 Å². The van der Waals surface area contributed by atoms with Gasteiger partial charge in [0.05, 0.1) is 6.61 Å². The summed E-state index contributed by atoms with van der Waals surface area (Å²) >= 11 is 0. The SMILES string of the molecule is CCC=CCC=CCC=CCCCCCCCC(=O)OCC(COP(=O)(O)OC1C(O)C(O)C(OP(=O)(O)O)C(OP(=O)(O)O)C1O)OC(=O)CCCCCCCCCCCCCCCCC. The average Bonchev–Trinajstić information content (AvgIpc) is 3.25. The number of carbonyl (C=O) groups excluding carboxylic acids is 2. The summed E-state index contributed by atoms with van der Waals surface area (Å²) in [7, 11) is -16.6. The fourth-order valence-electron chi connectivity index (χ4n) is 7.36. The number of allylic oxidation sites excluding steroid dienone is 6. The van der Waals surface area contributed by atoms with Crippen molar-refractivity contribution in [1.82, 2.24) is 0 Å². The molecule has 0 radical (unpaired) electrons. The Hall–Kier alpha value is -1.63. The van der Waals surface area contributed by atoms with Gasteiger partial charge in [0.25, 0.3) is 0 Å². The monoisotopic (exact) mass is 1020 g/mol. The van der Waals surface area contributed by atoms with Gasteiger partial charge in [-0.2, -0.15) is 0 Å². The van der Waals surface area contributed by atoms with Crippen LogP contribution in [0, 0.1) is 0 Å². The van der Waals surface area contributed by atoms with E-state index < -0.39 is 91.3 Å². The number of hydrogen-bond donors (Lipinski definition) is 8. The second-order valence-electron chi connectivity index (χ2n) is 17.0. The molecule has 8 atom stereocenters. The highest BCUT2D eigenvalue weighted by molar-refractivity contribution is 7.47. The number of aliphatic hydroxyl groups is 3. The van der Waals surface area contributed by atoms with Crippen molar-refractivity contribution < 1.29 is 90.6 Å². The minimum absolute atomic E-state index is 0.00305. The van der Waals surface area contributed by atoms with E-state index in [-0.39, 0.29) is 12.8 Å². The number of ether oxygens (including phenoxy) is 2. The Kier molecular flexibility index (Phi) is 35.2. The van der Waals surface area contributed by atoms with Crippen LogP contribution < -0.4 is 0 Å². The minimum Gasteiger partial charge on any atom is -0.462 e. The number of aliphatic hydroxyl groups excluding tert-OH is 3. The van der Waals surface area contributed by atoms with Gasteiger partial charge in [0, 0.05) is 12.8 Å². The molecule has 0 aromatic heterocycles. The molecule has 1 saturated carbocycles. The van der Waals surface area contributed by atoms with Gasteiger partial charge in [0.2, 0.25) is 0 Å². The van der Waals surface area contributed by atoms with Crippen molar-refractivity contribution in [3.05, 3.63) is 36.5 Å². The van der Waals surface area contributed by atoms with Crippen LogP contribution in [0.4, 0.5) is 0 Å². The van der Waals surface area contributed by atoms with E-state index in [1.165, 1.54) is 57.8 Å². The standard InChI is InChI=1S/C45H83O19P3/c1-3-5-7-9-11-13-15-17-19-21-23-25-27-29-31-33-38(46)59-35-37(61-39(47)34-32-30-28-26-24-22-20-18-16-14-12-10-8-6-4-2)36-60-67(57,58)64-43-40(48)41(49)44(62-65(51,52)53)45(42(43)50)63-66(54,55)56/h5,7,11,13,17,19,37,40-45,48-50H,3-4,6,8-10,12,14-16,18,20-36H2,1-2H3,(H,57,58)(H2,51,52,53)(H2,54,55,56). The smallest absolute Gasteiger partial charge is 0.462 e. The van der Waals surface area contributed by atoms with Gasteiger partial charge >= 0.3 is 35.4 Å². The van der Waals surface area contributed by atoms with Crippen LogP contribution in [0.5, 0.6) is 0 Å². The second-order valence-corrected chi connectivity index (χ2v) is 20.8. The van der Waals surface area contributed by atoms with E-state index in [0.717, 1.165) is 83.5 Å². The maximum absolute atomic E-state index is 13.1. The molecule has 0 aliphatic heterocycles. The Morgan fingerprint density at radius 1 is 0.493 bits per heavy atom. The van der Waals surface area contributed by atoms with Crippen molar-refractivity contribution in [3.8, 4) is 0 Å². The van der Waals surface area contributed by atoms with Crippen LogP contribution in [-0.2, 0) is 50.9 Å². The van der Waals surface area contributed by atoms with Crippen LogP contribution in [0.2, 0.25) is 0 Å². The first-order valence-electron chi connectivity index (χ1n) is 24.3. The average molecular weight is 1020 g/mol. The van der Waals surface area contributed by atoms with Crippen molar-refractivity contribution in [2.45, 2.75) is 224 Å². The number of carbonyl (C=O) groups is 2. The molecule has 0 aromatic carbocycles. The van der Waals surface area contributed by atoms with Crippen LogP contribution in [0.15, 0.2) is 36.5 Å². The molecule has 0 spiro atoms. The lowest BCUT2D eigenvalue weighted by Crippen LogP contribution is -2.65. The third-order valence-electron chi connectivity index (χ3n) is 11.0. The zero-order valence-corrected chi connectivity index (χ0v) is 42.4. The molecule has 0 amide bonds. The van der Waals surface area contributed by atoms with Crippen LogP contribution >= 0.6 is 23.5 Å². The van der Waals surface area contributed by atoms with E-state index in [1.807, 2.05) is 0 Å². The van der Waals surface area contributed by atoms with E-state index in [4.69, 9.17) is 18.5 Å². The topological polar surface area (TPSA) is 303 Å². The highest BCUT2D eigenvalue weighted by atomic mass is 31.2. The summed E-state index contributed by atoms with van der Waals surface area (Å²) in [4.78, 5) is 73.2. The fourth-order valence-corrected chi connectivity index (χ4v) is 9.46. The quantitative estimate of drug-likeness (QED) is 0.0123. The van der Waals surface area contributed by atoms with Crippen LogP contribution in [0.25, 0.3) is 0 Å². The van der Waals surface area contributed by atoms with E-state index in [2.05, 4.69) is 59.4 Å². The van der Waals surface area contributed by atoms with Gasteiger partial charge in [0.1, 0.15) is 43.2 Å². The summed E-state index contributed by atoms with van der Waals surface area (Å²) in [6.07, 6.45) is 21.6. The molecule has 0 aromatic rings. The zero-order valence-electron chi connectivity index (χ0n) is 39.7. The van der Waals surface area contributed by atoms with Crippen molar-refractivity contribution in [2.75, 3.05) is 13.2 Å². The molecular weight excluding hydrogens is 937 g/mol. The summed E-state index contributed by atoms with van der Waals surface area (Å²) in [6.45, 7) is 2.83. The second kappa shape index (κ2) is 37.2. The lowest BCUT2D eigenvalue weighted by Gasteiger charge is -2.44. The summed E-state index contributed by atoms with van der Waals surface area (Å²) in [6, 6.07) is 0. The Bertz CT molecular complexity index is 1550. The Morgan fingerprint density at radius 2 is 0.910 bits per heavy atom. The van der Waals surface area contributed by atoms with E-state index >= 15 is 0 Å². The molecule has 8 unspecified atom stereocenters. The number of hydrogen-bond acceptors (Lipinski definition) is 14. The predicted molar refractivity (Wildman–Crippen MR) is 252 cm³/mol. The van der Waals surface area contributed by atoms with Gasteiger partial charge in [-0.25, -0.2) is 13.7 Å². The summed E-state index contributed by atoms with van der Waals surface area (Å²) in [5.41, 5.74) is 0. The first-order chi connectivity index (χ1) is 31.8. The number of phosphoric acid groups is 3. The Labute approximate surface area is 398 Å². The lowest BCUT2D eigenvalue weighted by molar-refractivity contribution is -0.213. The molecular formula is C45H83O19P3. The predicted octanol–water partition coefficient (Wildman–Crippen LogP) is 8.85. The fraction of sp³-hybridized carbons (Fsp3) is 0.822. The van der Waals surface area contributed by atoms with Crippen molar-refractivity contribution >= 4 is 35.4 Å². The molecule has 8 N–H and O–H groups in total. The molecule has 0 heterocycles. The molecule has 1 aliphatic rings. The molecule has 0 saturated heterocycles. The molecule has 392 valence electrons. The lowest BCUT2D eigenvalue weighted by atomic mass is 9.85. The summed E-state index contributed by atoms with van der Waals surface area (Å²) in [5, 5.41) is 31.9. The number of phosphoric ester groups is 3. The van der Waals surface area contributed by atoms with Crippen LogP contribution in [0.3, 0.4) is 0 Å². The van der Waals surface area contributed by atoms with Crippen molar-refractivity contribution in [1.29, 1.82) is 0 Å². The van der Waals surface area contributed by atoms with Gasteiger partial charge in [-0.15, -0.1) is 0 Å². The van der Waals surface area contributed by atoms with Gasteiger partial charge in [0.15, 0.2) is 6.10 Å². The highest BCUT2D eigenvalue weighted by Gasteiger charge is 2.56. The van der Waals surface area contributed by atoms with Crippen molar-refractivity contribution in [2.24, 2.45) is 0 Å². The van der Waals surface area contributed by atoms with Crippen molar-refractivity contribution in [3.63, 3.8) is 0 Å². The van der Waals surface area contributed by atoms with Crippen LogP contribution in [0.1, 0.15) is 181 Å². The van der Waals surface area contributed by atoms with E-state index in [1.54, 1.807) is 0 Å². The van der Waals surface area contributed by atoms with Gasteiger partial charge < -0.3 is 49.3 Å². The molecule has 0 bridgehead atoms. The first-order valence-corrected chi connectivity index (χ1v) is 28.8.